The van der Waals surface area contributed by atoms with Gasteiger partial charge in [-0.15, -0.1) is 0 Å². The highest BCUT2D eigenvalue weighted by Gasteiger charge is 2.58. The number of benzene rings is 1. The molecule has 3 atom stereocenters. The minimum absolute atomic E-state index is 0.0151. The van der Waals surface area contributed by atoms with Crippen molar-refractivity contribution in [2.45, 2.75) is 51.7 Å². The largest absolute Gasteiger partial charge is 0.508 e. The molecule has 9 nitrogen and oxygen atoms in total. The minimum Gasteiger partial charge on any atom is -0.430 e. The Morgan fingerprint density at radius 3 is 2.70 bits per heavy atom. The van der Waals surface area contributed by atoms with Crippen molar-refractivity contribution >= 4 is 17.7 Å². The molecule has 2 heterocycles. The molecule has 1 aromatic rings. The van der Waals surface area contributed by atoms with Crippen LogP contribution >= 0.6 is 0 Å². The molecule has 1 amide bonds. The second-order valence-electron chi connectivity index (χ2n) is 7.17. The zero-order valence-corrected chi connectivity index (χ0v) is 15.4. The Bertz CT molecular complexity index is 747. The van der Waals surface area contributed by atoms with Crippen LogP contribution in [-0.2, 0) is 25.6 Å². The average molecular weight is 378 g/mol. The Hall–Kier alpha value is -2.68. The Morgan fingerprint density at radius 2 is 2.07 bits per heavy atom. The molecule has 27 heavy (non-hydrogen) atoms. The summed E-state index contributed by atoms with van der Waals surface area (Å²) in [6, 6.07) is 5.67. The molecule has 2 saturated heterocycles. The monoisotopic (exact) mass is 378 g/mol. The van der Waals surface area contributed by atoms with Crippen molar-refractivity contribution in [1.29, 1.82) is 0 Å². The van der Waals surface area contributed by atoms with Gasteiger partial charge in [0.25, 0.3) is 5.69 Å². The number of nitro benzene ring substituents is 1. The van der Waals surface area contributed by atoms with E-state index in [4.69, 9.17) is 14.2 Å². The van der Waals surface area contributed by atoms with E-state index in [2.05, 4.69) is 0 Å². The van der Waals surface area contributed by atoms with Crippen LogP contribution in [0.3, 0.4) is 0 Å². The van der Waals surface area contributed by atoms with Crippen LogP contribution in [0, 0.1) is 16.0 Å². The molecule has 2 aliphatic rings. The molecular formula is C18H22N2O7. The molecule has 2 fully saturated rings. The molecule has 146 valence electrons. The fraction of sp³-hybridized carbons (Fsp3) is 0.556. The minimum atomic E-state index is -0.876. The van der Waals surface area contributed by atoms with E-state index in [-0.39, 0.29) is 24.2 Å². The molecule has 0 N–H and O–H groups in total. The Morgan fingerprint density at radius 1 is 1.41 bits per heavy atom. The summed E-state index contributed by atoms with van der Waals surface area (Å²) in [6.07, 6.45) is -0.791. The third-order valence-corrected chi connectivity index (χ3v) is 5.01. The van der Waals surface area contributed by atoms with Gasteiger partial charge in [-0.25, -0.2) is 4.79 Å². The Balaban J connectivity index is 1.51. The lowest BCUT2D eigenvalue weighted by Gasteiger charge is -2.58. The van der Waals surface area contributed by atoms with Crippen molar-refractivity contribution in [3.8, 4) is 0 Å². The van der Waals surface area contributed by atoms with E-state index >= 15 is 0 Å². The fourth-order valence-electron chi connectivity index (χ4n) is 3.67. The van der Waals surface area contributed by atoms with Gasteiger partial charge >= 0.3 is 6.16 Å². The van der Waals surface area contributed by atoms with Crippen LogP contribution in [0.25, 0.3) is 0 Å². The molecular weight excluding hydrogens is 356 g/mol. The van der Waals surface area contributed by atoms with Gasteiger partial charge in [0.2, 0.25) is 5.91 Å². The summed E-state index contributed by atoms with van der Waals surface area (Å²) in [5, 5.41) is 10.6. The van der Waals surface area contributed by atoms with E-state index in [9.17, 15) is 19.7 Å². The number of nitro groups is 1. The number of nitrogens with zero attached hydrogens (tertiary/aromatic N) is 2. The highest BCUT2D eigenvalue weighted by Crippen LogP contribution is 2.42. The molecule has 0 radical (unpaired) electrons. The summed E-state index contributed by atoms with van der Waals surface area (Å²) in [5.74, 6) is -0.500. The number of ether oxygens (including phenoxy) is 3. The predicted molar refractivity (Wildman–Crippen MR) is 92.6 cm³/mol. The van der Waals surface area contributed by atoms with E-state index in [1.54, 1.807) is 11.8 Å². The SMILES string of the molecule is C[C@H](OC(=O)OCc1ccc([N+](=O)[O-])cc1)[C@@H]1C(=O)N2[C@@H]1CCOC2(C)C. The van der Waals surface area contributed by atoms with Crippen LogP contribution < -0.4 is 0 Å². The number of fused-ring (bicyclic) bond motifs is 1. The first-order chi connectivity index (χ1) is 12.7. The number of carbonyl (C=O) groups excluding carboxylic acids is 2. The van der Waals surface area contributed by atoms with Crippen molar-refractivity contribution in [3.05, 3.63) is 39.9 Å². The highest BCUT2D eigenvalue weighted by atomic mass is 16.7. The predicted octanol–water partition coefficient (Wildman–Crippen LogP) is 2.62. The second-order valence-corrected chi connectivity index (χ2v) is 7.17. The number of hydrogen-bond donors (Lipinski definition) is 0. The highest BCUT2D eigenvalue weighted by molar-refractivity contribution is 5.87. The van der Waals surface area contributed by atoms with Gasteiger partial charge in [0, 0.05) is 12.1 Å². The van der Waals surface area contributed by atoms with Crippen molar-refractivity contribution in [3.63, 3.8) is 0 Å². The van der Waals surface area contributed by atoms with E-state index in [0.29, 0.717) is 18.6 Å². The van der Waals surface area contributed by atoms with Crippen molar-refractivity contribution in [2.75, 3.05) is 6.61 Å². The summed E-state index contributed by atoms with van der Waals surface area (Å²) in [7, 11) is 0. The normalized spacial score (nSPS) is 24.4. The molecule has 0 spiro atoms. The van der Waals surface area contributed by atoms with Gasteiger partial charge in [-0.05, 0) is 44.9 Å². The molecule has 1 aromatic carbocycles. The summed E-state index contributed by atoms with van der Waals surface area (Å²) in [6.45, 7) is 5.85. The number of hydrogen-bond acceptors (Lipinski definition) is 7. The maximum absolute atomic E-state index is 12.5. The standard InChI is InChI=1S/C18H22N2O7/c1-11(15-14-8-9-26-18(2,3)19(14)16(15)21)27-17(22)25-10-12-4-6-13(7-5-12)20(23)24/h4-7,11,14-15H,8-10H2,1-3H3/t11-,14+,15-/m0/s1. The molecule has 3 rings (SSSR count). The van der Waals surface area contributed by atoms with Gasteiger partial charge in [0.05, 0.1) is 23.5 Å². The third kappa shape index (κ3) is 3.73. The molecule has 0 saturated carbocycles. The molecule has 0 bridgehead atoms. The lowest BCUT2D eigenvalue weighted by Crippen LogP contribution is -2.73. The number of rotatable bonds is 5. The van der Waals surface area contributed by atoms with E-state index in [1.165, 1.54) is 24.3 Å². The van der Waals surface area contributed by atoms with Crippen LogP contribution in [0.1, 0.15) is 32.8 Å². The van der Waals surface area contributed by atoms with Gasteiger partial charge in [0.15, 0.2) is 0 Å². The number of carbonyl (C=O) groups is 2. The van der Waals surface area contributed by atoms with Crippen LogP contribution in [-0.4, -0.2) is 46.4 Å². The lowest BCUT2D eigenvalue weighted by atomic mass is 9.78. The van der Waals surface area contributed by atoms with Gasteiger partial charge in [-0.1, -0.05) is 0 Å². The topological polar surface area (TPSA) is 108 Å². The fourth-order valence-corrected chi connectivity index (χ4v) is 3.67. The lowest BCUT2D eigenvalue weighted by molar-refractivity contribution is -0.384. The first-order valence-corrected chi connectivity index (χ1v) is 8.74. The maximum Gasteiger partial charge on any atom is 0.508 e. The van der Waals surface area contributed by atoms with Gasteiger partial charge in [-0.2, -0.15) is 0 Å². The smallest absolute Gasteiger partial charge is 0.430 e. The van der Waals surface area contributed by atoms with Crippen LogP contribution in [0.5, 0.6) is 0 Å². The second kappa shape index (κ2) is 7.15. The molecule has 9 heteroatoms. The first-order valence-electron chi connectivity index (χ1n) is 8.74. The molecule has 0 unspecified atom stereocenters. The zero-order valence-electron chi connectivity index (χ0n) is 15.4. The average Bonchev–Trinajstić information content (AvgIpc) is 2.58. The van der Waals surface area contributed by atoms with Gasteiger partial charge in [0.1, 0.15) is 18.4 Å². The summed E-state index contributed by atoms with van der Waals surface area (Å²) in [4.78, 5) is 36.2. The van der Waals surface area contributed by atoms with Crippen LogP contribution in [0.4, 0.5) is 10.5 Å². The summed E-state index contributed by atoms with van der Waals surface area (Å²) in [5.41, 5.74) is -0.0863. The molecule has 0 aliphatic carbocycles. The third-order valence-electron chi connectivity index (χ3n) is 5.01. The van der Waals surface area contributed by atoms with E-state index < -0.39 is 28.8 Å². The zero-order chi connectivity index (χ0) is 19.8. The van der Waals surface area contributed by atoms with Crippen LogP contribution in [0.2, 0.25) is 0 Å². The first kappa shape index (κ1) is 19.1. The molecule has 2 aliphatic heterocycles. The quantitative estimate of drug-likeness (QED) is 0.335. The Kier molecular flexibility index (Phi) is 5.05. The van der Waals surface area contributed by atoms with E-state index in [0.717, 1.165) is 0 Å². The van der Waals surface area contributed by atoms with Crippen molar-refractivity contribution < 1.29 is 28.7 Å². The number of non-ortho nitro benzene ring substituents is 1. The maximum atomic E-state index is 12.5. The summed E-state index contributed by atoms with van der Waals surface area (Å²) < 4.78 is 15.9. The summed E-state index contributed by atoms with van der Waals surface area (Å²) >= 11 is 0. The van der Waals surface area contributed by atoms with E-state index in [1.807, 2.05) is 13.8 Å². The van der Waals surface area contributed by atoms with Gasteiger partial charge in [-0.3, -0.25) is 14.9 Å². The van der Waals surface area contributed by atoms with Crippen molar-refractivity contribution in [2.24, 2.45) is 5.92 Å². The molecule has 0 aromatic heterocycles. The Labute approximate surface area is 156 Å². The number of β-lactam (4-membered cyclic amide) rings is 1. The number of amides is 1. The van der Waals surface area contributed by atoms with Gasteiger partial charge < -0.3 is 19.1 Å². The van der Waals surface area contributed by atoms with Crippen LogP contribution in [0.15, 0.2) is 24.3 Å². The van der Waals surface area contributed by atoms with Crippen molar-refractivity contribution in [1.82, 2.24) is 4.90 Å².